The summed E-state index contributed by atoms with van der Waals surface area (Å²) in [6.07, 6.45) is 4.88. The molecule has 0 aromatic heterocycles. The van der Waals surface area contributed by atoms with E-state index in [4.69, 9.17) is 4.74 Å². The van der Waals surface area contributed by atoms with E-state index in [0.717, 1.165) is 23.5 Å². The van der Waals surface area contributed by atoms with Gasteiger partial charge < -0.3 is 4.74 Å². The smallest absolute Gasteiger partial charge is 0.126 e. The van der Waals surface area contributed by atoms with E-state index in [1.165, 1.54) is 22.3 Å². The summed E-state index contributed by atoms with van der Waals surface area (Å²) < 4.78 is 6.01. The van der Waals surface area contributed by atoms with E-state index in [2.05, 4.69) is 51.6 Å². The molecule has 0 N–H and O–H groups in total. The van der Waals surface area contributed by atoms with Crippen LogP contribution in [0, 0.1) is 6.92 Å². The van der Waals surface area contributed by atoms with Crippen molar-refractivity contribution in [3.8, 4) is 0 Å². The molecule has 0 unspecified atom stereocenters. The van der Waals surface area contributed by atoms with Crippen LogP contribution < -0.4 is 0 Å². The molecule has 0 radical (unpaired) electrons. The summed E-state index contributed by atoms with van der Waals surface area (Å²) >= 11 is 0. The standard InChI is InChI=1S/C19H22O/c1-13(2)9-10-18-15(4)12-19(20-18)16(5)17-8-6-7-14(3)11-17/h6-11H,1,12H2,2-5H3. The van der Waals surface area contributed by atoms with Gasteiger partial charge in [0, 0.05) is 6.42 Å². The molecule has 1 aromatic rings. The van der Waals surface area contributed by atoms with Crippen LogP contribution in [0.4, 0.5) is 0 Å². The average molecular weight is 266 g/mol. The molecular weight excluding hydrogens is 244 g/mol. The fourth-order valence-corrected chi connectivity index (χ4v) is 2.23. The molecule has 1 heterocycles. The molecule has 0 bridgehead atoms. The maximum absolute atomic E-state index is 6.01. The number of ether oxygens (including phenoxy) is 1. The summed E-state index contributed by atoms with van der Waals surface area (Å²) in [5.74, 6) is 2.00. The quantitative estimate of drug-likeness (QED) is 0.651. The lowest BCUT2D eigenvalue weighted by molar-refractivity contribution is 0.339. The number of allylic oxidation sites excluding steroid dienone is 5. The third-order valence-electron chi connectivity index (χ3n) is 3.47. The molecule has 1 heteroatoms. The van der Waals surface area contributed by atoms with Crippen LogP contribution in [-0.4, -0.2) is 0 Å². The van der Waals surface area contributed by atoms with Crippen molar-refractivity contribution < 1.29 is 4.74 Å². The zero-order valence-corrected chi connectivity index (χ0v) is 12.8. The largest absolute Gasteiger partial charge is 0.461 e. The molecule has 2 rings (SSSR count). The Balaban J connectivity index is 2.25. The van der Waals surface area contributed by atoms with Crippen molar-refractivity contribution >= 4 is 5.57 Å². The number of hydrogen-bond acceptors (Lipinski definition) is 1. The van der Waals surface area contributed by atoms with Crippen molar-refractivity contribution in [3.05, 3.63) is 76.8 Å². The van der Waals surface area contributed by atoms with Gasteiger partial charge in [0.15, 0.2) is 0 Å². The van der Waals surface area contributed by atoms with Crippen LogP contribution in [0.3, 0.4) is 0 Å². The second-order valence-electron chi connectivity index (χ2n) is 5.52. The van der Waals surface area contributed by atoms with Gasteiger partial charge >= 0.3 is 0 Å². The Morgan fingerprint density at radius 2 is 2.00 bits per heavy atom. The molecule has 0 saturated heterocycles. The molecule has 0 atom stereocenters. The Labute approximate surface area is 122 Å². The van der Waals surface area contributed by atoms with Crippen molar-refractivity contribution in [2.24, 2.45) is 0 Å². The molecule has 0 spiro atoms. The van der Waals surface area contributed by atoms with Crippen molar-refractivity contribution in [1.82, 2.24) is 0 Å². The van der Waals surface area contributed by atoms with Crippen LogP contribution in [0.2, 0.25) is 0 Å². The molecule has 0 fully saturated rings. The highest BCUT2D eigenvalue weighted by atomic mass is 16.5. The monoisotopic (exact) mass is 266 g/mol. The van der Waals surface area contributed by atoms with Crippen LogP contribution in [0.15, 0.2) is 65.7 Å². The summed E-state index contributed by atoms with van der Waals surface area (Å²) in [5, 5.41) is 0. The van der Waals surface area contributed by atoms with Gasteiger partial charge in [0.2, 0.25) is 0 Å². The molecule has 20 heavy (non-hydrogen) atoms. The first-order valence-electron chi connectivity index (χ1n) is 6.95. The Morgan fingerprint density at radius 3 is 2.65 bits per heavy atom. The van der Waals surface area contributed by atoms with E-state index in [1.807, 2.05) is 19.1 Å². The van der Waals surface area contributed by atoms with E-state index in [-0.39, 0.29) is 0 Å². The maximum Gasteiger partial charge on any atom is 0.126 e. The second-order valence-corrected chi connectivity index (χ2v) is 5.52. The summed E-state index contributed by atoms with van der Waals surface area (Å²) in [6, 6.07) is 8.53. The third-order valence-corrected chi connectivity index (χ3v) is 3.47. The minimum absolute atomic E-state index is 0.885. The lowest BCUT2D eigenvalue weighted by atomic mass is 10.0. The minimum Gasteiger partial charge on any atom is -0.461 e. The second kappa shape index (κ2) is 5.96. The fourth-order valence-electron chi connectivity index (χ4n) is 2.23. The molecule has 0 aliphatic carbocycles. The van der Waals surface area contributed by atoms with E-state index >= 15 is 0 Å². The van der Waals surface area contributed by atoms with Gasteiger partial charge in [-0.3, -0.25) is 0 Å². The summed E-state index contributed by atoms with van der Waals surface area (Å²) in [7, 11) is 0. The summed E-state index contributed by atoms with van der Waals surface area (Å²) in [4.78, 5) is 0. The number of benzene rings is 1. The summed E-state index contributed by atoms with van der Waals surface area (Å²) in [5.41, 5.74) is 6.02. The van der Waals surface area contributed by atoms with Gasteiger partial charge in [0.05, 0.1) is 0 Å². The van der Waals surface area contributed by atoms with Crippen molar-refractivity contribution in [1.29, 1.82) is 0 Å². The topological polar surface area (TPSA) is 9.23 Å². The number of aryl methyl sites for hydroxylation is 1. The predicted octanol–water partition coefficient (Wildman–Crippen LogP) is 5.55. The first-order valence-corrected chi connectivity index (χ1v) is 6.95. The normalized spacial score (nSPS) is 17.6. The Hall–Kier alpha value is -2.02. The predicted molar refractivity (Wildman–Crippen MR) is 86.1 cm³/mol. The van der Waals surface area contributed by atoms with E-state index < -0.39 is 0 Å². The molecule has 1 aliphatic heterocycles. The van der Waals surface area contributed by atoms with Crippen LogP contribution in [0.5, 0.6) is 0 Å². The van der Waals surface area contributed by atoms with Gasteiger partial charge in [0.25, 0.3) is 0 Å². The minimum atomic E-state index is 0.885. The van der Waals surface area contributed by atoms with Crippen LogP contribution >= 0.6 is 0 Å². The molecular formula is C19H22O. The lowest BCUT2D eigenvalue weighted by Gasteiger charge is -2.08. The van der Waals surface area contributed by atoms with Gasteiger partial charge in [-0.15, -0.1) is 0 Å². The number of hydrogen-bond donors (Lipinski definition) is 0. The molecule has 1 nitrogen and oxygen atoms in total. The number of rotatable bonds is 3. The van der Waals surface area contributed by atoms with Crippen LogP contribution in [0.1, 0.15) is 38.3 Å². The van der Waals surface area contributed by atoms with Gasteiger partial charge in [-0.1, -0.05) is 48.1 Å². The first kappa shape index (κ1) is 14.4. The molecule has 0 saturated carbocycles. The first-order chi connectivity index (χ1) is 9.47. The van der Waals surface area contributed by atoms with Crippen molar-refractivity contribution in [2.45, 2.75) is 34.1 Å². The van der Waals surface area contributed by atoms with Crippen LogP contribution in [-0.2, 0) is 4.74 Å². The summed E-state index contributed by atoms with van der Waals surface area (Å²) in [6.45, 7) is 12.2. The van der Waals surface area contributed by atoms with Gasteiger partial charge in [-0.2, -0.15) is 0 Å². The van der Waals surface area contributed by atoms with E-state index in [0.29, 0.717) is 0 Å². The molecule has 104 valence electrons. The van der Waals surface area contributed by atoms with Crippen molar-refractivity contribution in [2.75, 3.05) is 0 Å². The van der Waals surface area contributed by atoms with E-state index in [1.54, 1.807) is 0 Å². The molecule has 1 aromatic carbocycles. The van der Waals surface area contributed by atoms with Gasteiger partial charge in [0.1, 0.15) is 11.5 Å². The molecule has 1 aliphatic rings. The SMILES string of the molecule is C=C(C)C=CC1=C(C)CC(=C(C)c2cccc(C)c2)O1. The Morgan fingerprint density at radius 1 is 1.25 bits per heavy atom. The zero-order valence-electron chi connectivity index (χ0n) is 12.8. The third kappa shape index (κ3) is 3.30. The zero-order chi connectivity index (χ0) is 14.7. The van der Waals surface area contributed by atoms with E-state index in [9.17, 15) is 0 Å². The fraction of sp³-hybridized carbons (Fsp3) is 0.263. The van der Waals surface area contributed by atoms with Gasteiger partial charge in [-0.25, -0.2) is 0 Å². The molecule has 0 amide bonds. The van der Waals surface area contributed by atoms with Gasteiger partial charge in [-0.05, 0) is 50.5 Å². The highest BCUT2D eigenvalue weighted by Gasteiger charge is 2.18. The lowest BCUT2D eigenvalue weighted by Crippen LogP contribution is -1.89. The maximum atomic E-state index is 6.01. The Kier molecular flexibility index (Phi) is 4.29. The Bertz CT molecular complexity index is 627. The van der Waals surface area contributed by atoms with Crippen molar-refractivity contribution in [3.63, 3.8) is 0 Å². The highest BCUT2D eigenvalue weighted by Crippen LogP contribution is 2.34. The average Bonchev–Trinajstić information content (AvgIpc) is 2.77. The highest BCUT2D eigenvalue weighted by molar-refractivity contribution is 5.67. The van der Waals surface area contributed by atoms with Crippen LogP contribution in [0.25, 0.3) is 5.57 Å².